The maximum atomic E-state index is 13.4. The van der Waals surface area contributed by atoms with Crippen LogP contribution in [0.25, 0.3) is 10.2 Å². The van der Waals surface area contributed by atoms with E-state index in [0.717, 1.165) is 34.5 Å². The Morgan fingerprint density at radius 3 is 2.47 bits per heavy atom. The number of amides is 1. The lowest BCUT2D eigenvalue weighted by atomic mass is 10.0. The summed E-state index contributed by atoms with van der Waals surface area (Å²) in [5, 5.41) is 0.652. The summed E-state index contributed by atoms with van der Waals surface area (Å²) >= 11 is 1.63. The second-order valence-electron chi connectivity index (χ2n) is 8.19. The normalized spacial score (nSPS) is 23.8. The minimum absolute atomic E-state index is 0.0110. The Bertz CT molecular complexity index is 1190. The molecule has 2 saturated heterocycles. The van der Waals surface area contributed by atoms with Gasteiger partial charge in [-0.1, -0.05) is 25.1 Å². The quantitative estimate of drug-likeness (QED) is 0.600. The molecule has 1 amide bonds. The Morgan fingerprint density at radius 2 is 1.80 bits per heavy atom. The predicted molar refractivity (Wildman–Crippen MR) is 119 cm³/mol. The molecule has 0 unspecified atom stereocenters. The molecule has 0 radical (unpaired) electrons. The average Bonchev–Trinajstić information content (AvgIpc) is 3.30. The molecule has 5 rings (SSSR count). The largest absolute Gasteiger partial charge is 0.333 e. The van der Waals surface area contributed by atoms with Crippen LogP contribution >= 0.6 is 11.3 Å². The number of piperidine rings is 1. The van der Waals surface area contributed by atoms with Crippen LogP contribution in [0.1, 0.15) is 48.0 Å². The van der Waals surface area contributed by atoms with Gasteiger partial charge in [0.2, 0.25) is 0 Å². The zero-order chi connectivity index (χ0) is 20.9. The molecule has 3 heterocycles. The molecule has 2 bridgehead atoms. The van der Waals surface area contributed by atoms with Crippen molar-refractivity contribution in [2.45, 2.75) is 61.3 Å². The van der Waals surface area contributed by atoms with E-state index in [1.165, 1.54) is 0 Å². The summed E-state index contributed by atoms with van der Waals surface area (Å²) in [5.74, 6) is 0.0198. The lowest BCUT2D eigenvalue weighted by molar-refractivity contribution is 0.0598. The number of sulfone groups is 1. The number of fused-ring (bicyclic) bond motifs is 3. The minimum Gasteiger partial charge on any atom is -0.333 e. The van der Waals surface area contributed by atoms with Gasteiger partial charge in [-0.15, -0.1) is 11.3 Å². The van der Waals surface area contributed by atoms with Gasteiger partial charge < -0.3 is 4.90 Å². The molecule has 0 saturated carbocycles. The van der Waals surface area contributed by atoms with Crippen LogP contribution in [-0.4, -0.2) is 41.5 Å². The number of rotatable bonds is 4. The molecule has 2 aromatic carbocycles. The van der Waals surface area contributed by atoms with Crippen LogP contribution in [0.5, 0.6) is 0 Å². The number of thiazole rings is 1. The first-order chi connectivity index (χ1) is 14.5. The van der Waals surface area contributed by atoms with E-state index in [0.29, 0.717) is 23.3 Å². The van der Waals surface area contributed by atoms with Gasteiger partial charge in [0.05, 0.1) is 25.4 Å². The van der Waals surface area contributed by atoms with E-state index >= 15 is 0 Å². The van der Waals surface area contributed by atoms with E-state index in [1.807, 2.05) is 29.2 Å². The second-order valence-corrected chi connectivity index (χ2v) is 11.5. The summed E-state index contributed by atoms with van der Waals surface area (Å²) in [4.78, 5) is 20.3. The van der Waals surface area contributed by atoms with Gasteiger partial charge in [-0.25, -0.2) is 13.4 Å². The molecule has 2 atom stereocenters. The first kappa shape index (κ1) is 19.7. The zero-order valence-electron chi connectivity index (χ0n) is 16.8. The third-order valence-corrected chi connectivity index (χ3v) is 9.77. The Hall–Kier alpha value is -2.25. The summed E-state index contributed by atoms with van der Waals surface area (Å²) in [6.07, 6.45) is 3.67. The highest BCUT2D eigenvalue weighted by Gasteiger charge is 2.47. The molecule has 5 nitrogen and oxygen atoms in total. The third kappa shape index (κ3) is 3.24. The Kier molecular flexibility index (Phi) is 4.90. The van der Waals surface area contributed by atoms with Crippen LogP contribution in [0.4, 0.5) is 0 Å². The van der Waals surface area contributed by atoms with Crippen molar-refractivity contribution < 1.29 is 13.2 Å². The molecule has 0 spiro atoms. The second kappa shape index (κ2) is 7.46. The molecule has 2 aliphatic heterocycles. The number of benzene rings is 2. The predicted octanol–water partition coefficient (Wildman–Crippen LogP) is 4.47. The Labute approximate surface area is 180 Å². The maximum absolute atomic E-state index is 13.4. The van der Waals surface area contributed by atoms with Gasteiger partial charge in [-0.05, 0) is 62.4 Å². The molecular formula is C23H24N2O3S2. The standard InChI is InChI=1S/C23H24N2O3S2/c1-2-22-24-20-11-8-15(12-21(20)29-22)23(26)25-16-9-10-17(25)14-19(13-16)30(27,28)18-6-4-3-5-7-18/h3-8,11-12,16-17,19H,2,9-10,13-14H2,1H3/t16-,17-/m0/s1. The van der Waals surface area contributed by atoms with Crippen molar-refractivity contribution in [3.05, 3.63) is 59.1 Å². The molecule has 2 fully saturated rings. The van der Waals surface area contributed by atoms with Crippen LogP contribution in [0.3, 0.4) is 0 Å². The van der Waals surface area contributed by atoms with Gasteiger partial charge in [-0.2, -0.15) is 0 Å². The average molecular weight is 441 g/mol. The number of aromatic nitrogens is 1. The van der Waals surface area contributed by atoms with E-state index in [1.54, 1.807) is 35.6 Å². The summed E-state index contributed by atoms with van der Waals surface area (Å²) in [6, 6.07) is 14.4. The van der Waals surface area contributed by atoms with Crippen molar-refractivity contribution in [2.75, 3.05) is 0 Å². The molecule has 7 heteroatoms. The molecule has 2 aliphatic rings. The fourth-order valence-electron chi connectivity index (χ4n) is 4.92. The number of carbonyl (C=O) groups is 1. The summed E-state index contributed by atoms with van der Waals surface area (Å²) < 4.78 is 27.3. The highest BCUT2D eigenvalue weighted by Crippen LogP contribution is 2.41. The molecule has 0 aliphatic carbocycles. The molecule has 30 heavy (non-hydrogen) atoms. The number of hydrogen-bond donors (Lipinski definition) is 0. The first-order valence-corrected chi connectivity index (χ1v) is 12.8. The maximum Gasteiger partial charge on any atom is 0.254 e. The van der Waals surface area contributed by atoms with Crippen LogP contribution < -0.4 is 0 Å². The fraction of sp³-hybridized carbons (Fsp3) is 0.391. The van der Waals surface area contributed by atoms with Gasteiger partial charge in [0.15, 0.2) is 9.84 Å². The van der Waals surface area contributed by atoms with Crippen molar-refractivity contribution in [1.82, 2.24) is 9.88 Å². The highest BCUT2D eigenvalue weighted by atomic mass is 32.2. The van der Waals surface area contributed by atoms with Crippen molar-refractivity contribution in [3.8, 4) is 0 Å². The number of nitrogens with zero attached hydrogens (tertiary/aromatic N) is 2. The Balaban J connectivity index is 1.39. The van der Waals surface area contributed by atoms with Crippen LogP contribution in [0, 0.1) is 0 Å². The molecule has 1 aromatic heterocycles. The Morgan fingerprint density at radius 1 is 1.10 bits per heavy atom. The van der Waals surface area contributed by atoms with E-state index in [2.05, 4.69) is 11.9 Å². The lowest BCUT2D eigenvalue weighted by Gasteiger charge is -2.38. The van der Waals surface area contributed by atoms with E-state index in [9.17, 15) is 13.2 Å². The highest BCUT2D eigenvalue weighted by molar-refractivity contribution is 7.92. The molecular weight excluding hydrogens is 416 g/mol. The monoisotopic (exact) mass is 440 g/mol. The molecule has 0 N–H and O–H groups in total. The summed E-state index contributed by atoms with van der Waals surface area (Å²) in [7, 11) is -3.38. The zero-order valence-corrected chi connectivity index (χ0v) is 18.5. The molecule has 3 aromatic rings. The van der Waals surface area contributed by atoms with Gasteiger partial charge in [-0.3, -0.25) is 4.79 Å². The van der Waals surface area contributed by atoms with Crippen molar-refractivity contribution in [2.24, 2.45) is 0 Å². The van der Waals surface area contributed by atoms with E-state index in [4.69, 9.17) is 0 Å². The molecule has 156 valence electrons. The third-order valence-electron chi connectivity index (χ3n) is 6.42. The van der Waals surface area contributed by atoms with Gasteiger partial charge in [0, 0.05) is 17.6 Å². The van der Waals surface area contributed by atoms with E-state index < -0.39 is 15.1 Å². The summed E-state index contributed by atoms with van der Waals surface area (Å²) in [5.41, 5.74) is 1.61. The van der Waals surface area contributed by atoms with Crippen molar-refractivity contribution >= 4 is 37.3 Å². The van der Waals surface area contributed by atoms with Gasteiger partial charge >= 0.3 is 0 Å². The van der Waals surface area contributed by atoms with Gasteiger partial charge in [0.25, 0.3) is 5.91 Å². The van der Waals surface area contributed by atoms with Gasteiger partial charge in [0.1, 0.15) is 0 Å². The van der Waals surface area contributed by atoms with Crippen LogP contribution in [0.15, 0.2) is 53.4 Å². The van der Waals surface area contributed by atoms with E-state index in [-0.39, 0.29) is 18.0 Å². The van der Waals surface area contributed by atoms with Crippen LogP contribution in [-0.2, 0) is 16.3 Å². The minimum atomic E-state index is -3.38. The van der Waals surface area contributed by atoms with Crippen molar-refractivity contribution in [1.29, 1.82) is 0 Å². The lowest BCUT2D eigenvalue weighted by Crippen LogP contribution is -2.49. The number of carbonyl (C=O) groups excluding carboxylic acids is 1. The summed E-state index contributed by atoms with van der Waals surface area (Å²) in [6.45, 7) is 2.08. The fourth-order valence-corrected chi connectivity index (χ4v) is 7.74. The smallest absolute Gasteiger partial charge is 0.254 e. The van der Waals surface area contributed by atoms with Crippen LogP contribution in [0.2, 0.25) is 0 Å². The number of hydrogen-bond acceptors (Lipinski definition) is 5. The number of aryl methyl sites for hydroxylation is 1. The first-order valence-electron chi connectivity index (χ1n) is 10.5. The topological polar surface area (TPSA) is 67.3 Å². The van der Waals surface area contributed by atoms with Crippen molar-refractivity contribution in [3.63, 3.8) is 0 Å². The SMILES string of the molecule is CCc1nc2ccc(C(=O)N3[C@H]4CC[C@H]3CC(S(=O)(=O)c3ccccc3)C4)cc2s1.